The van der Waals surface area contributed by atoms with Crippen molar-refractivity contribution >= 4 is 5.95 Å². The number of tetrazole rings is 1. The summed E-state index contributed by atoms with van der Waals surface area (Å²) >= 11 is 0. The molecule has 106 valence electrons. The first-order valence-corrected chi connectivity index (χ1v) is 6.43. The Hall–Kier alpha value is -2.96. The quantitative estimate of drug-likeness (QED) is 0.767. The van der Waals surface area contributed by atoms with E-state index in [1.165, 1.54) is 0 Å². The van der Waals surface area contributed by atoms with Crippen molar-refractivity contribution in [2.75, 3.05) is 12.4 Å². The third kappa shape index (κ3) is 2.97. The molecule has 0 saturated heterocycles. The molecule has 0 amide bonds. The van der Waals surface area contributed by atoms with Crippen molar-refractivity contribution in [2.24, 2.45) is 0 Å². The van der Waals surface area contributed by atoms with Gasteiger partial charge in [0.2, 0.25) is 11.8 Å². The van der Waals surface area contributed by atoms with E-state index in [0.29, 0.717) is 18.4 Å². The molecular weight excluding hydrogens is 268 g/mol. The number of anilines is 1. The molecule has 0 radical (unpaired) electrons. The zero-order valence-electron chi connectivity index (χ0n) is 11.5. The third-order valence-corrected chi connectivity index (χ3v) is 2.93. The lowest BCUT2D eigenvalue weighted by Gasteiger charge is -2.07. The summed E-state index contributed by atoms with van der Waals surface area (Å²) in [5, 5.41) is 14.9. The highest BCUT2D eigenvalue weighted by molar-refractivity contribution is 5.39. The van der Waals surface area contributed by atoms with Crippen molar-refractivity contribution in [1.82, 2.24) is 25.2 Å². The number of benzene rings is 1. The molecular formula is C14H14N6O. The fourth-order valence-electron chi connectivity index (χ4n) is 1.89. The molecule has 0 unspecified atom stereocenters. The van der Waals surface area contributed by atoms with Gasteiger partial charge in [-0.05, 0) is 34.2 Å². The number of para-hydroxylation sites is 1. The zero-order valence-corrected chi connectivity index (χ0v) is 11.5. The van der Waals surface area contributed by atoms with Crippen molar-refractivity contribution < 1.29 is 4.74 Å². The summed E-state index contributed by atoms with van der Waals surface area (Å²) in [6.45, 7) is 0.575. The smallest absolute Gasteiger partial charge is 0.248 e. The first-order chi connectivity index (χ1) is 10.4. The van der Waals surface area contributed by atoms with Gasteiger partial charge in [-0.15, -0.1) is 0 Å². The van der Waals surface area contributed by atoms with Gasteiger partial charge in [-0.3, -0.25) is 0 Å². The van der Waals surface area contributed by atoms with Crippen LogP contribution in [0, 0.1) is 0 Å². The van der Waals surface area contributed by atoms with Crippen molar-refractivity contribution in [1.29, 1.82) is 0 Å². The van der Waals surface area contributed by atoms with Crippen LogP contribution >= 0.6 is 0 Å². The Morgan fingerprint density at radius 1 is 1.19 bits per heavy atom. The Morgan fingerprint density at radius 2 is 2.05 bits per heavy atom. The molecule has 1 N–H and O–H groups in total. The van der Waals surface area contributed by atoms with Crippen LogP contribution in [0.5, 0.6) is 5.88 Å². The molecule has 0 spiro atoms. The Balaban J connectivity index is 1.76. The van der Waals surface area contributed by atoms with Gasteiger partial charge in [0.1, 0.15) is 0 Å². The number of rotatable bonds is 5. The summed E-state index contributed by atoms with van der Waals surface area (Å²) < 4.78 is 6.75. The van der Waals surface area contributed by atoms with Crippen LogP contribution in [0.2, 0.25) is 0 Å². The molecule has 3 rings (SSSR count). The van der Waals surface area contributed by atoms with Gasteiger partial charge in [-0.2, -0.15) is 4.68 Å². The van der Waals surface area contributed by atoms with Crippen LogP contribution in [0.3, 0.4) is 0 Å². The van der Waals surface area contributed by atoms with E-state index >= 15 is 0 Å². The Morgan fingerprint density at radius 3 is 2.86 bits per heavy atom. The number of nitrogens with one attached hydrogen (secondary N) is 1. The minimum atomic E-state index is 0.575. The van der Waals surface area contributed by atoms with E-state index in [9.17, 15) is 0 Å². The predicted molar refractivity (Wildman–Crippen MR) is 77.3 cm³/mol. The summed E-state index contributed by atoms with van der Waals surface area (Å²) in [7, 11) is 1.59. The van der Waals surface area contributed by atoms with Gasteiger partial charge in [0, 0.05) is 18.8 Å². The zero-order chi connectivity index (χ0) is 14.5. The maximum absolute atomic E-state index is 5.10. The predicted octanol–water partition coefficient (Wildman–Crippen LogP) is 1.68. The van der Waals surface area contributed by atoms with E-state index in [-0.39, 0.29) is 0 Å². The van der Waals surface area contributed by atoms with E-state index < -0.39 is 0 Å². The van der Waals surface area contributed by atoms with Crippen LogP contribution < -0.4 is 10.1 Å². The van der Waals surface area contributed by atoms with Gasteiger partial charge < -0.3 is 10.1 Å². The van der Waals surface area contributed by atoms with Crippen LogP contribution in [-0.2, 0) is 6.54 Å². The number of hydrogen-bond donors (Lipinski definition) is 1. The van der Waals surface area contributed by atoms with Crippen LogP contribution in [0.25, 0.3) is 5.69 Å². The second kappa shape index (κ2) is 6.00. The fraction of sp³-hybridized carbons (Fsp3) is 0.143. The van der Waals surface area contributed by atoms with E-state index in [4.69, 9.17) is 4.74 Å². The van der Waals surface area contributed by atoms with Crippen molar-refractivity contribution in [2.45, 2.75) is 6.54 Å². The number of ether oxygens (including phenoxy) is 1. The molecule has 7 nitrogen and oxygen atoms in total. The van der Waals surface area contributed by atoms with Gasteiger partial charge in [0.15, 0.2) is 0 Å². The van der Waals surface area contributed by atoms with Crippen molar-refractivity contribution in [3.05, 3.63) is 54.2 Å². The maximum Gasteiger partial charge on any atom is 0.248 e. The van der Waals surface area contributed by atoms with Crippen LogP contribution in [0.1, 0.15) is 5.56 Å². The topological polar surface area (TPSA) is 77.8 Å². The number of aromatic nitrogens is 5. The second-order valence-electron chi connectivity index (χ2n) is 4.31. The highest BCUT2D eigenvalue weighted by Crippen LogP contribution is 2.13. The molecule has 0 aliphatic carbocycles. The molecule has 0 aliphatic rings. The van der Waals surface area contributed by atoms with Crippen molar-refractivity contribution in [3.8, 4) is 11.6 Å². The summed E-state index contributed by atoms with van der Waals surface area (Å²) in [4.78, 5) is 4.07. The average molecular weight is 282 g/mol. The van der Waals surface area contributed by atoms with Crippen LogP contribution in [0.15, 0.2) is 48.7 Å². The SMILES string of the molecule is COc1cc(CNc2nnnn2-c2ccccc2)ccn1. The molecule has 0 fully saturated rings. The van der Waals surface area contributed by atoms with Gasteiger partial charge in [0.25, 0.3) is 0 Å². The molecule has 0 bridgehead atoms. The minimum Gasteiger partial charge on any atom is -0.481 e. The summed E-state index contributed by atoms with van der Waals surface area (Å²) in [6.07, 6.45) is 1.70. The number of nitrogens with zero attached hydrogens (tertiary/aromatic N) is 5. The maximum atomic E-state index is 5.10. The molecule has 0 aliphatic heterocycles. The highest BCUT2D eigenvalue weighted by atomic mass is 16.5. The lowest BCUT2D eigenvalue weighted by molar-refractivity contribution is 0.397. The van der Waals surface area contributed by atoms with E-state index in [2.05, 4.69) is 25.8 Å². The highest BCUT2D eigenvalue weighted by Gasteiger charge is 2.07. The second-order valence-corrected chi connectivity index (χ2v) is 4.31. The summed E-state index contributed by atoms with van der Waals surface area (Å²) in [5.41, 5.74) is 1.93. The third-order valence-electron chi connectivity index (χ3n) is 2.93. The Bertz CT molecular complexity index is 712. The minimum absolute atomic E-state index is 0.575. The van der Waals surface area contributed by atoms with Gasteiger partial charge in [-0.1, -0.05) is 23.3 Å². The fourth-order valence-corrected chi connectivity index (χ4v) is 1.89. The largest absolute Gasteiger partial charge is 0.481 e. The van der Waals surface area contributed by atoms with E-state index in [1.54, 1.807) is 18.0 Å². The number of pyridine rings is 1. The molecule has 2 aromatic heterocycles. The van der Waals surface area contributed by atoms with Crippen molar-refractivity contribution in [3.63, 3.8) is 0 Å². The lowest BCUT2D eigenvalue weighted by Crippen LogP contribution is -2.07. The van der Waals surface area contributed by atoms with Crippen LogP contribution in [0.4, 0.5) is 5.95 Å². The molecule has 2 heterocycles. The molecule has 3 aromatic rings. The first kappa shape index (κ1) is 13.0. The number of methoxy groups -OCH3 is 1. The first-order valence-electron chi connectivity index (χ1n) is 6.43. The molecule has 1 aromatic carbocycles. The number of hydrogen-bond acceptors (Lipinski definition) is 6. The molecule has 0 atom stereocenters. The normalized spacial score (nSPS) is 10.3. The van der Waals surface area contributed by atoms with Gasteiger partial charge >= 0.3 is 0 Å². The van der Waals surface area contributed by atoms with Crippen LogP contribution in [-0.4, -0.2) is 32.3 Å². The molecule has 7 heteroatoms. The average Bonchev–Trinajstić information content (AvgIpc) is 3.02. The molecule has 0 saturated carbocycles. The van der Waals surface area contributed by atoms with Gasteiger partial charge in [-0.25, -0.2) is 4.98 Å². The standard InChI is InChI=1S/C14H14N6O/c1-21-13-9-11(7-8-15-13)10-16-14-17-18-19-20(14)12-5-3-2-4-6-12/h2-9H,10H2,1H3,(H,16,17,19). The van der Waals surface area contributed by atoms with Gasteiger partial charge in [0.05, 0.1) is 12.8 Å². The summed E-state index contributed by atoms with van der Waals surface area (Å²) in [5.74, 6) is 1.16. The van der Waals surface area contributed by atoms with E-state index in [1.807, 2.05) is 42.5 Å². The Kier molecular flexibility index (Phi) is 3.72. The lowest BCUT2D eigenvalue weighted by atomic mass is 10.2. The Labute approximate surface area is 121 Å². The molecule has 21 heavy (non-hydrogen) atoms. The summed E-state index contributed by atoms with van der Waals surface area (Å²) in [6, 6.07) is 13.5. The van der Waals surface area contributed by atoms with E-state index in [0.717, 1.165) is 11.3 Å². The monoisotopic (exact) mass is 282 g/mol.